The highest BCUT2D eigenvalue weighted by molar-refractivity contribution is 5.88. The van der Waals surface area contributed by atoms with Crippen LogP contribution in [0.4, 0.5) is 0 Å². The van der Waals surface area contributed by atoms with Crippen LogP contribution >= 0.6 is 0 Å². The number of hydrogen-bond donors (Lipinski definition) is 0. The number of Topliss-reactive ketones (excluding diaryl/α,β-unsaturated/α-hetero) is 1. The molecule has 0 aliphatic rings. The van der Waals surface area contributed by atoms with Gasteiger partial charge in [-0.15, -0.1) is 0 Å². The van der Waals surface area contributed by atoms with Gasteiger partial charge in [-0.3, -0.25) is 4.79 Å². The van der Waals surface area contributed by atoms with Crippen molar-refractivity contribution in [2.75, 3.05) is 0 Å². The third kappa shape index (κ3) is 4.27. The largest absolute Gasteiger partial charge is 0.299 e. The Morgan fingerprint density at radius 3 is 1.75 bits per heavy atom. The van der Waals surface area contributed by atoms with Crippen LogP contribution in [0.5, 0.6) is 0 Å². The van der Waals surface area contributed by atoms with Crippen molar-refractivity contribution in [1.82, 2.24) is 0 Å². The van der Waals surface area contributed by atoms with Gasteiger partial charge < -0.3 is 0 Å². The zero-order valence-electron chi connectivity index (χ0n) is 12.5. The third-order valence-corrected chi connectivity index (χ3v) is 3.74. The second-order valence-electron chi connectivity index (χ2n) is 7.03. The smallest absolute Gasteiger partial charge is 0.143 e. The predicted molar refractivity (Wildman–Crippen MR) is 71.5 cm³/mol. The van der Waals surface area contributed by atoms with Crippen molar-refractivity contribution in [2.24, 2.45) is 22.7 Å². The average Bonchev–Trinajstić information content (AvgIpc) is 2.13. The molecule has 1 heteroatoms. The Labute approximate surface area is 102 Å². The molecule has 1 nitrogen and oxygen atoms in total. The normalized spacial score (nSPS) is 17.0. The van der Waals surface area contributed by atoms with E-state index < -0.39 is 0 Å². The van der Waals surface area contributed by atoms with Crippen LogP contribution in [0, 0.1) is 22.7 Å². The first-order valence-electron chi connectivity index (χ1n) is 6.57. The van der Waals surface area contributed by atoms with E-state index in [1.807, 2.05) is 20.8 Å². The summed E-state index contributed by atoms with van der Waals surface area (Å²) < 4.78 is 0. The van der Waals surface area contributed by atoms with E-state index in [9.17, 15) is 4.79 Å². The van der Waals surface area contributed by atoms with Crippen molar-refractivity contribution < 1.29 is 4.79 Å². The highest BCUT2D eigenvalue weighted by Gasteiger charge is 2.37. The lowest BCUT2D eigenvalue weighted by Gasteiger charge is -2.34. The summed E-state index contributed by atoms with van der Waals surface area (Å²) >= 11 is 0. The highest BCUT2D eigenvalue weighted by atomic mass is 16.1. The minimum Gasteiger partial charge on any atom is -0.299 e. The molecular weight excluding hydrogens is 196 g/mol. The van der Waals surface area contributed by atoms with E-state index in [0.717, 1.165) is 6.42 Å². The molecule has 0 bridgehead atoms. The zero-order chi connectivity index (χ0) is 13.1. The van der Waals surface area contributed by atoms with E-state index in [2.05, 4.69) is 34.6 Å². The zero-order valence-corrected chi connectivity index (χ0v) is 12.5. The maximum Gasteiger partial charge on any atom is 0.143 e. The molecule has 0 N–H and O–H groups in total. The van der Waals surface area contributed by atoms with Crippen molar-refractivity contribution >= 4 is 5.78 Å². The van der Waals surface area contributed by atoms with E-state index in [0.29, 0.717) is 17.6 Å². The van der Waals surface area contributed by atoms with Crippen molar-refractivity contribution in [2.45, 2.75) is 68.2 Å². The molecule has 0 rings (SSSR count). The molecule has 0 fully saturated rings. The lowest BCUT2D eigenvalue weighted by molar-refractivity contribution is -0.136. The lowest BCUT2D eigenvalue weighted by atomic mass is 9.69. The van der Waals surface area contributed by atoms with Gasteiger partial charge in [0.05, 0.1) is 0 Å². The summed E-state index contributed by atoms with van der Waals surface area (Å²) in [7, 11) is 0. The molecule has 96 valence electrons. The fraction of sp³-hybridized carbons (Fsp3) is 0.933. The predicted octanol–water partition coefficient (Wildman–Crippen LogP) is 4.70. The summed E-state index contributed by atoms with van der Waals surface area (Å²) in [6.45, 7) is 17.0. The Morgan fingerprint density at radius 2 is 1.44 bits per heavy atom. The Balaban J connectivity index is 4.63. The van der Waals surface area contributed by atoms with Crippen LogP contribution in [-0.2, 0) is 4.79 Å². The molecule has 0 aliphatic carbocycles. The molecule has 16 heavy (non-hydrogen) atoms. The standard InChI is InChI=1S/C15H30O/c1-9-11(2)12(3)10-15(7,8)13(16)14(4,5)6/h11-12H,9-10H2,1-8H3. The van der Waals surface area contributed by atoms with Gasteiger partial charge in [0.2, 0.25) is 0 Å². The summed E-state index contributed by atoms with van der Waals surface area (Å²) in [5.74, 6) is 1.70. The Morgan fingerprint density at radius 1 is 1.00 bits per heavy atom. The Bertz CT molecular complexity index is 232. The number of rotatable bonds is 5. The SMILES string of the molecule is CCC(C)C(C)CC(C)(C)C(=O)C(C)(C)C. The molecule has 0 aromatic carbocycles. The first kappa shape index (κ1) is 15.7. The fourth-order valence-electron chi connectivity index (χ4n) is 2.52. The third-order valence-electron chi connectivity index (χ3n) is 3.74. The van der Waals surface area contributed by atoms with Gasteiger partial charge in [-0.1, -0.05) is 61.8 Å². The van der Waals surface area contributed by atoms with E-state index in [4.69, 9.17) is 0 Å². The number of carbonyl (C=O) groups is 1. The molecule has 0 saturated heterocycles. The van der Waals surface area contributed by atoms with Crippen molar-refractivity contribution in [3.8, 4) is 0 Å². The average molecular weight is 226 g/mol. The Kier molecular flexibility index (Phi) is 5.22. The summed E-state index contributed by atoms with van der Waals surface area (Å²) in [5.41, 5.74) is -0.417. The molecule has 0 radical (unpaired) electrons. The van der Waals surface area contributed by atoms with E-state index in [1.54, 1.807) is 0 Å². The van der Waals surface area contributed by atoms with Crippen LogP contribution in [0.25, 0.3) is 0 Å². The fourth-order valence-corrected chi connectivity index (χ4v) is 2.52. The first-order chi connectivity index (χ1) is 7.02. The quantitative estimate of drug-likeness (QED) is 0.664. The molecule has 0 saturated carbocycles. The summed E-state index contributed by atoms with van der Waals surface area (Å²) in [5, 5.41) is 0. The molecule has 0 aromatic rings. The maximum absolute atomic E-state index is 12.3. The van der Waals surface area contributed by atoms with Gasteiger partial charge in [-0.2, -0.15) is 0 Å². The van der Waals surface area contributed by atoms with Gasteiger partial charge in [0.15, 0.2) is 0 Å². The number of ketones is 1. The number of carbonyl (C=O) groups excluding carboxylic acids is 1. The van der Waals surface area contributed by atoms with E-state index >= 15 is 0 Å². The first-order valence-corrected chi connectivity index (χ1v) is 6.57. The molecule has 2 atom stereocenters. The van der Waals surface area contributed by atoms with Gasteiger partial charge in [-0.05, 0) is 18.3 Å². The summed E-state index contributed by atoms with van der Waals surface area (Å²) in [4.78, 5) is 12.3. The van der Waals surface area contributed by atoms with Gasteiger partial charge in [0.1, 0.15) is 5.78 Å². The minimum atomic E-state index is -0.224. The van der Waals surface area contributed by atoms with Crippen LogP contribution in [0.2, 0.25) is 0 Å². The molecular formula is C15H30O. The monoisotopic (exact) mass is 226 g/mol. The van der Waals surface area contributed by atoms with Gasteiger partial charge in [0.25, 0.3) is 0 Å². The molecule has 0 heterocycles. The second-order valence-corrected chi connectivity index (χ2v) is 7.03. The van der Waals surface area contributed by atoms with Crippen molar-refractivity contribution in [3.05, 3.63) is 0 Å². The van der Waals surface area contributed by atoms with Crippen LogP contribution in [-0.4, -0.2) is 5.78 Å². The topological polar surface area (TPSA) is 17.1 Å². The van der Waals surface area contributed by atoms with Crippen molar-refractivity contribution in [1.29, 1.82) is 0 Å². The van der Waals surface area contributed by atoms with E-state index in [1.165, 1.54) is 6.42 Å². The molecule has 2 unspecified atom stereocenters. The minimum absolute atomic E-state index is 0.193. The molecule has 0 amide bonds. The molecule has 0 spiro atoms. The van der Waals surface area contributed by atoms with Crippen LogP contribution in [0.1, 0.15) is 68.2 Å². The highest BCUT2D eigenvalue weighted by Crippen LogP contribution is 2.36. The van der Waals surface area contributed by atoms with Crippen LogP contribution in [0.15, 0.2) is 0 Å². The summed E-state index contributed by atoms with van der Waals surface area (Å²) in [6.07, 6.45) is 2.19. The maximum atomic E-state index is 12.3. The van der Waals surface area contributed by atoms with Gasteiger partial charge >= 0.3 is 0 Å². The lowest BCUT2D eigenvalue weighted by Crippen LogP contribution is -2.36. The number of hydrogen-bond acceptors (Lipinski definition) is 1. The van der Waals surface area contributed by atoms with Gasteiger partial charge in [0, 0.05) is 10.8 Å². The van der Waals surface area contributed by atoms with Gasteiger partial charge in [-0.25, -0.2) is 0 Å². The van der Waals surface area contributed by atoms with Crippen molar-refractivity contribution in [3.63, 3.8) is 0 Å². The van der Waals surface area contributed by atoms with E-state index in [-0.39, 0.29) is 10.8 Å². The molecule has 0 aliphatic heterocycles. The molecule has 0 aromatic heterocycles. The van der Waals surface area contributed by atoms with Crippen LogP contribution < -0.4 is 0 Å². The van der Waals surface area contributed by atoms with Crippen LogP contribution in [0.3, 0.4) is 0 Å². The summed E-state index contributed by atoms with van der Waals surface area (Å²) in [6, 6.07) is 0. The Hall–Kier alpha value is -0.330. The second kappa shape index (κ2) is 5.33.